The Morgan fingerprint density at radius 2 is 1.21 bits per heavy atom. The number of aliphatic hydroxyl groups excluding tert-OH is 1. The van der Waals surface area contributed by atoms with Gasteiger partial charge in [-0.05, 0) is 41.4 Å². The molecule has 3 aromatic carbocycles. The van der Waals surface area contributed by atoms with Gasteiger partial charge in [0.15, 0.2) is 0 Å². The van der Waals surface area contributed by atoms with E-state index < -0.39 is 17.7 Å². The molecule has 1 atom stereocenters. The van der Waals surface area contributed by atoms with Crippen molar-refractivity contribution in [3.63, 3.8) is 0 Å². The summed E-state index contributed by atoms with van der Waals surface area (Å²) >= 11 is 0. The van der Waals surface area contributed by atoms with Gasteiger partial charge in [-0.1, -0.05) is 112 Å². The normalized spacial score (nSPS) is 12.7. The minimum atomic E-state index is -0.927. The third-order valence-corrected chi connectivity index (χ3v) is 5.73. The van der Waals surface area contributed by atoms with E-state index in [0.29, 0.717) is 19.3 Å². The van der Waals surface area contributed by atoms with Crippen LogP contribution < -0.4 is 5.32 Å². The fourth-order valence-electron chi connectivity index (χ4n) is 4.13. The third kappa shape index (κ3) is 7.76. The molecule has 0 saturated heterocycles. The Hall–Kier alpha value is -3.11. The van der Waals surface area contributed by atoms with Gasteiger partial charge < -0.3 is 15.2 Å². The topological polar surface area (TPSA) is 58.6 Å². The number of carbonyl (C=O) groups is 1. The smallest absolute Gasteiger partial charge is 0.408 e. The van der Waals surface area contributed by atoms with Crippen molar-refractivity contribution >= 4 is 6.09 Å². The van der Waals surface area contributed by atoms with Gasteiger partial charge in [-0.3, -0.25) is 0 Å². The summed E-state index contributed by atoms with van der Waals surface area (Å²) in [5.74, 6) is 0. The SMILES string of the molecule is CC(C)(C)CC(O)C(Cc1ccccc1)(Cc1ccccc1)NC(=O)OCc1ccccc1. The highest BCUT2D eigenvalue weighted by atomic mass is 16.5. The van der Waals surface area contributed by atoms with E-state index in [1.165, 1.54) is 0 Å². The number of aliphatic hydroxyl groups is 1. The molecule has 1 unspecified atom stereocenters. The Morgan fingerprint density at radius 1 is 0.788 bits per heavy atom. The summed E-state index contributed by atoms with van der Waals surface area (Å²) in [6.07, 6.45) is 0.202. The zero-order valence-electron chi connectivity index (χ0n) is 19.8. The van der Waals surface area contributed by atoms with Gasteiger partial charge in [-0.25, -0.2) is 4.79 Å². The van der Waals surface area contributed by atoms with Crippen LogP contribution in [0.1, 0.15) is 43.9 Å². The fraction of sp³-hybridized carbons (Fsp3) is 0.345. The van der Waals surface area contributed by atoms with Crippen LogP contribution in [-0.4, -0.2) is 22.8 Å². The van der Waals surface area contributed by atoms with E-state index in [4.69, 9.17) is 4.74 Å². The minimum absolute atomic E-state index is 0.117. The summed E-state index contributed by atoms with van der Waals surface area (Å²) in [6.45, 7) is 6.47. The molecule has 1 amide bonds. The third-order valence-electron chi connectivity index (χ3n) is 5.73. The second-order valence-corrected chi connectivity index (χ2v) is 9.95. The average Bonchev–Trinajstić information content (AvgIpc) is 2.78. The zero-order valence-corrected chi connectivity index (χ0v) is 19.8. The first kappa shape index (κ1) is 24.5. The summed E-state index contributed by atoms with van der Waals surface area (Å²) in [6, 6.07) is 29.6. The number of ether oxygens (including phenoxy) is 1. The standard InChI is InChI=1S/C29H35NO3/c1-28(2,3)21-26(31)29(19-23-13-7-4-8-14-23,20-24-15-9-5-10-16-24)30-27(32)33-22-25-17-11-6-12-18-25/h4-18,26,31H,19-22H2,1-3H3,(H,30,32). The van der Waals surface area contributed by atoms with Crippen molar-refractivity contribution in [1.29, 1.82) is 0 Å². The molecule has 4 heteroatoms. The summed E-state index contributed by atoms with van der Waals surface area (Å²) in [5.41, 5.74) is 1.96. The van der Waals surface area contributed by atoms with Crippen LogP contribution in [0, 0.1) is 5.41 Å². The molecule has 3 rings (SSSR count). The Kier molecular flexibility index (Phi) is 8.29. The average molecular weight is 446 g/mol. The molecule has 0 saturated carbocycles. The molecule has 33 heavy (non-hydrogen) atoms. The molecular weight excluding hydrogens is 410 g/mol. The minimum Gasteiger partial charge on any atom is -0.445 e. The molecule has 0 aliphatic rings. The number of rotatable bonds is 9. The van der Waals surface area contributed by atoms with Crippen molar-refractivity contribution in [2.75, 3.05) is 0 Å². The van der Waals surface area contributed by atoms with Crippen LogP contribution in [0.5, 0.6) is 0 Å². The van der Waals surface area contributed by atoms with Crippen molar-refractivity contribution in [2.24, 2.45) is 5.41 Å². The molecule has 0 aliphatic carbocycles. The largest absolute Gasteiger partial charge is 0.445 e. The van der Waals surface area contributed by atoms with E-state index in [-0.39, 0.29) is 12.0 Å². The lowest BCUT2D eigenvalue weighted by atomic mass is 9.74. The number of hydrogen-bond acceptors (Lipinski definition) is 3. The van der Waals surface area contributed by atoms with Gasteiger partial charge in [0.1, 0.15) is 6.61 Å². The van der Waals surface area contributed by atoms with Crippen molar-refractivity contribution in [3.8, 4) is 0 Å². The Labute approximate surface area is 197 Å². The molecule has 0 radical (unpaired) electrons. The lowest BCUT2D eigenvalue weighted by Crippen LogP contribution is -2.60. The van der Waals surface area contributed by atoms with Crippen molar-refractivity contribution in [1.82, 2.24) is 5.32 Å². The van der Waals surface area contributed by atoms with Gasteiger partial charge >= 0.3 is 6.09 Å². The number of carbonyl (C=O) groups excluding carboxylic acids is 1. The molecule has 0 spiro atoms. The number of hydrogen-bond donors (Lipinski definition) is 2. The quantitative estimate of drug-likeness (QED) is 0.429. The van der Waals surface area contributed by atoms with Gasteiger partial charge in [-0.2, -0.15) is 0 Å². The summed E-state index contributed by atoms with van der Waals surface area (Å²) < 4.78 is 5.58. The van der Waals surface area contributed by atoms with Gasteiger partial charge in [0.05, 0.1) is 11.6 Å². The van der Waals surface area contributed by atoms with E-state index in [1.54, 1.807) is 0 Å². The van der Waals surface area contributed by atoms with E-state index in [1.807, 2.05) is 91.0 Å². The first-order valence-electron chi connectivity index (χ1n) is 11.5. The van der Waals surface area contributed by atoms with Crippen LogP contribution in [0.25, 0.3) is 0 Å². The summed E-state index contributed by atoms with van der Waals surface area (Å²) in [4.78, 5) is 13.0. The molecule has 0 aromatic heterocycles. The molecule has 4 nitrogen and oxygen atoms in total. The Morgan fingerprint density at radius 3 is 1.64 bits per heavy atom. The molecule has 0 fully saturated rings. The fourth-order valence-corrected chi connectivity index (χ4v) is 4.13. The van der Waals surface area contributed by atoms with E-state index in [2.05, 4.69) is 26.1 Å². The van der Waals surface area contributed by atoms with Crippen LogP contribution in [0.3, 0.4) is 0 Å². The first-order valence-corrected chi connectivity index (χ1v) is 11.5. The van der Waals surface area contributed by atoms with Gasteiger partial charge in [-0.15, -0.1) is 0 Å². The molecule has 2 N–H and O–H groups in total. The first-order chi connectivity index (χ1) is 15.8. The molecule has 0 heterocycles. The second kappa shape index (κ2) is 11.2. The van der Waals surface area contributed by atoms with Crippen LogP contribution >= 0.6 is 0 Å². The maximum atomic E-state index is 13.0. The molecule has 3 aromatic rings. The maximum Gasteiger partial charge on any atom is 0.408 e. The van der Waals surface area contributed by atoms with Gasteiger partial charge in [0, 0.05) is 0 Å². The zero-order chi connectivity index (χ0) is 23.7. The monoisotopic (exact) mass is 445 g/mol. The van der Waals surface area contributed by atoms with Crippen molar-refractivity contribution in [2.45, 2.75) is 58.3 Å². The van der Waals surface area contributed by atoms with Crippen LogP contribution in [0.4, 0.5) is 4.79 Å². The van der Waals surface area contributed by atoms with Gasteiger partial charge in [0.2, 0.25) is 0 Å². The Balaban J connectivity index is 1.91. The van der Waals surface area contributed by atoms with E-state index in [0.717, 1.165) is 16.7 Å². The van der Waals surface area contributed by atoms with E-state index in [9.17, 15) is 9.90 Å². The number of nitrogens with one attached hydrogen (secondary N) is 1. The number of benzene rings is 3. The molecule has 174 valence electrons. The Bertz CT molecular complexity index is 940. The highest BCUT2D eigenvalue weighted by molar-refractivity contribution is 5.68. The van der Waals surface area contributed by atoms with Crippen LogP contribution in [0.15, 0.2) is 91.0 Å². The van der Waals surface area contributed by atoms with Crippen LogP contribution in [-0.2, 0) is 24.2 Å². The molecule has 0 aliphatic heterocycles. The lowest BCUT2D eigenvalue weighted by Gasteiger charge is -2.41. The predicted molar refractivity (Wildman–Crippen MR) is 133 cm³/mol. The van der Waals surface area contributed by atoms with Crippen molar-refractivity contribution < 1.29 is 14.6 Å². The maximum absolute atomic E-state index is 13.0. The van der Waals surface area contributed by atoms with Crippen LogP contribution in [0.2, 0.25) is 0 Å². The molecule has 0 bridgehead atoms. The number of alkyl carbamates (subject to hydrolysis) is 1. The van der Waals surface area contributed by atoms with Crippen molar-refractivity contribution in [3.05, 3.63) is 108 Å². The highest BCUT2D eigenvalue weighted by Gasteiger charge is 2.42. The highest BCUT2D eigenvalue weighted by Crippen LogP contribution is 2.31. The predicted octanol–water partition coefficient (Wildman–Crippen LogP) is 5.93. The summed E-state index contributed by atoms with van der Waals surface area (Å²) in [5, 5.41) is 14.7. The lowest BCUT2D eigenvalue weighted by molar-refractivity contribution is 0.0221. The van der Waals surface area contributed by atoms with E-state index >= 15 is 0 Å². The number of amides is 1. The van der Waals surface area contributed by atoms with Gasteiger partial charge in [0.25, 0.3) is 0 Å². The summed E-state index contributed by atoms with van der Waals surface area (Å²) in [7, 11) is 0. The second-order valence-electron chi connectivity index (χ2n) is 9.95. The molecular formula is C29H35NO3.